The standard InChI is InChI=1S/C15H16BrNO2/c1-5-15(3,4)14-13(19)11-8-10(16)6-7-12(11)17(14)9(2)18/h5-8,14H,1H2,2-4H3. The van der Waals surface area contributed by atoms with E-state index in [9.17, 15) is 9.59 Å². The monoisotopic (exact) mass is 321 g/mol. The Hall–Kier alpha value is -1.42. The first-order chi connectivity index (χ1) is 8.79. The van der Waals surface area contributed by atoms with Crippen molar-refractivity contribution in [3.05, 3.63) is 40.9 Å². The van der Waals surface area contributed by atoms with Crippen LogP contribution in [0.25, 0.3) is 0 Å². The molecule has 1 aliphatic rings. The largest absolute Gasteiger partial charge is 0.300 e. The van der Waals surface area contributed by atoms with E-state index in [0.717, 1.165) is 4.47 Å². The number of halogens is 1. The van der Waals surface area contributed by atoms with E-state index in [1.54, 1.807) is 23.1 Å². The number of anilines is 1. The first kappa shape index (κ1) is 14.0. The number of carbonyl (C=O) groups is 2. The molecule has 2 rings (SSSR count). The number of rotatable bonds is 2. The summed E-state index contributed by atoms with van der Waals surface area (Å²) in [5.41, 5.74) is 0.791. The highest BCUT2D eigenvalue weighted by molar-refractivity contribution is 9.10. The minimum Gasteiger partial charge on any atom is -0.300 e. The Morgan fingerprint density at radius 3 is 2.63 bits per heavy atom. The van der Waals surface area contributed by atoms with Gasteiger partial charge < -0.3 is 4.90 Å². The Bertz CT molecular complexity index is 578. The normalized spacial score (nSPS) is 18.4. The SMILES string of the molecule is C=CC(C)(C)C1C(=O)c2cc(Br)ccc2N1C(C)=O. The first-order valence-electron chi connectivity index (χ1n) is 6.06. The van der Waals surface area contributed by atoms with E-state index in [1.165, 1.54) is 6.92 Å². The van der Waals surface area contributed by atoms with Gasteiger partial charge >= 0.3 is 0 Å². The summed E-state index contributed by atoms with van der Waals surface area (Å²) in [6.45, 7) is 9.10. The highest BCUT2D eigenvalue weighted by Crippen LogP contribution is 2.41. The molecule has 1 heterocycles. The van der Waals surface area contributed by atoms with Crippen LogP contribution in [0.15, 0.2) is 35.3 Å². The smallest absolute Gasteiger partial charge is 0.224 e. The molecule has 0 saturated heterocycles. The third-order valence-corrected chi connectivity index (χ3v) is 4.05. The Morgan fingerprint density at radius 2 is 2.11 bits per heavy atom. The van der Waals surface area contributed by atoms with Gasteiger partial charge in [-0.2, -0.15) is 0 Å². The van der Waals surface area contributed by atoms with Gasteiger partial charge in [0.15, 0.2) is 5.78 Å². The number of ketones is 1. The molecule has 1 aromatic rings. The summed E-state index contributed by atoms with van der Waals surface area (Å²) in [5, 5.41) is 0. The zero-order valence-electron chi connectivity index (χ0n) is 11.2. The van der Waals surface area contributed by atoms with Crippen LogP contribution in [-0.4, -0.2) is 17.7 Å². The average Bonchev–Trinajstić information content (AvgIpc) is 2.63. The fourth-order valence-corrected chi connectivity index (χ4v) is 2.81. The van der Waals surface area contributed by atoms with Crippen molar-refractivity contribution in [2.75, 3.05) is 4.90 Å². The molecule has 0 aliphatic carbocycles. The van der Waals surface area contributed by atoms with Crippen LogP contribution in [0.5, 0.6) is 0 Å². The van der Waals surface area contributed by atoms with Crippen molar-refractivity contribution in [3.63, 3.8) is 0 Å². The summed E-state index contributed by atoms with van der Waals surface area (Å²) in [5.74, 6) is -0.161. The van der Waals surface area contributed by atoms with Gasteiger partial charge in [-0.3, -0.25) is 9.59 Å². The molecule has 100 valence electrons. The summed E-state index contributed by atoms with van der Waals surface area (Å²) in [6.07, 6.45) is 1.73. The maximum atomic E-state index is 12.6. The number of benzene rings is 1. The summed E-state index contributed by atoms with van der Waals surface area (Å²) < 4.78 is 0.833. The van der Waals surface area contributed by atoms with Gasteiger partial charge in [0.05, 0.1) is 5.69 Å². The Balaban J connectivity index is 2.64. The lowest BCUT2D eigenvalue weighted by atomic mass is 9.81. The molecule has 1 unspecified atom stereocenters. The number of amides is 1. The number of fused-ring (bicyclic) bond motifs is 1. The van der Waals surface area contributed by atoms with Crippen LogP contribution in [0, 0.1) is 5.41 Å². The number of hydrogen-bond acceptors (Lipinski definition) is 2. The quantitative estimate of drug-likeness (QED) is 0.781. The highest BCUT2D eigenvalue weighted by atomic mass is 79.9. The summed E-state index contributed by atoms with van der Waals surface area (Å²) in [6, 6.07) is 4.89. The number of hydrogen-bond donors (Lipinski definition) is 0. The zero-order chi connectivity index (χ0) is 14.4. The van der Waals surface area contributed by atoms with E-state index in [-0.39, 0.29) is 11.7 Å². The second kappa shape index (κ2) is 4.60. The number of nitrogens with zero attached hydrogens (tertiary/aromatic N) is 1. The first-order valence-corrected chi connectivity index (χ1v) is 6.86. The van der Waals surface area contributed by atoms with Crippen molar-refractivity contribution in [1.82, 2.24) is 0 Å². The molecule has 19 heavy (non-hydrogen) atoms. The molecule has 1 aliphatic heterocycles. The van der Waals surface area contributed by atoms with Gasteiger partial charge in [-0.25, -0.2) is 0 Å². The third kappa shape index (κ3) is 2.14. The van der Waals surface area contributed by atoms with Crippen LogP contribution in [0.1, 0.15) is 31.1 Å². The lowest BCUT2D eigenvalue weighted by Gasteiger charge is -2.33. The second-order valence-corrected chi connectivity index (χ2v) is 6.26. The van der Waals surface area contributed by atoms with Crippen molar-refractivity contribution in [3.8, 4) is 0 Å². The van der Waals surface area contributed by atoms with Gasteiger partial charge in [-0.05, 0) is 18.2 Å². The summed E-state index contributed by atoms with van der Waals surface area (Å²) in [4.78, 5) is 26.1. The molecule has 3 nitrogen and oxygen atoms in total. The third-order valence-electron chi connectivity index (χ3n) is 3.56. The Morgan fingerprint density at radius 1 is 1.47 bits per heavy atom. The molecule has 0 fully saturated rings. The molecular formula is C15H16BrNO2. The molecule has 0 aromatic heterocycles. The fraction of sp³-hybridized carbons (Fsp3) is 0.333. The molecule has 1 amide bonds. The lowest BCUT2D eigenvalue weighted by Crippen LogP contribution is -2.47. The molecule has 0 saturated carbocycles. The van der Waals surface area contributed by atoms with E-state index < -0.39 is 11.5 Å². The minimum atomic E-state index is -0.521. The Labute approximate surface area is 121 Å². The topological polar surface area (TPSA) is 37.4 Å². The number of Topliss-reactive ketones (excluding diaryl/α,β-unsaturated/α-hetero) is 1. The summed E-state index contributed by atoms with van der Waals surface area (Å²) in [7, 11) is 0. The molecule has 0 N–H and O–H groups in total. The van der Waals surface area contributed by atoms with Crippen LogP contribution in [-0.2, 0) is 4.79 Å². The lowest BCUT2D eigenvalue weighted by molar-refractivity contribution is -0.117. The van der Waals surface area contributed by atoms with E-state index in [2.05, 4.69) is 22.5 Å². The highest BCUT2D eigenvalue weighted by Gasteiger charge is 2.46. The molecule has 0 radical (unpaired) electrons. The van der Waals surface area contributed by atoms with Gasteiger partial charge in [0.2, 0.25) is 5.91 Å². The second-order valence-electron chi connectivity index (χ2n) is 5.34. The predicted molar refractivity (Wildman–Crippen MR) is 79.4 cm³/mol. The van der Waals surface area contributed by atoms with Gasteiger partial charge in [-0.15, -0.1) is 6.58 Å². The fourth-order valence-electron chi connectivity index (χ4n) is 2.45. The van der Waals surface area contributed by atoms with E-state index in [1.807, 2.05) is 19.9 Å². The molecular weight excluding hydrogens is 306 g/mol. The number of carbonyl (C=O) groups excluding carboxylic acids is 2. The van der Waals surface area contributed by atoms with Crippen LogP contribution in [0.3, 0.4) is 0 Å². The van der Waals surface area contributed by atoms with E-state index >= 15 is 0 Å². The van der Waals surface area contributed by atoms with Crippen LogP contribution in [0.2, 0.25) is 0 Å². The van der Waals surface area contributed by atoms with Gasteiger partial charge in [0.1, 0.15) is 6.04 Å². The van der Waals surface area contributed by atoms with Crippen molar-refractivity contribution >= 4 is 33.3 Å². The van der Waals surface area contributed by atoms with Crippen molar-refractivity contribution in [1.29, 1.82) is 0 Å². The molecule has 0 bridgehead atoms. The van der Waals surface area contributed by atoms with Crippen LogP contribution >= 0.6 is 15.9 Å². The maximum absolute atomic E-state index is 12.6. The van der Waals surface area contributed by atoms with Gasteiger partial charge in [-0.1, -0.05) is 35.9 Å². The molecule has 0 spiro atoms. The average molecular weight is 322 g/mol. The molecule has 4 heteroatoms. The van der Waals surface area contributed by atoms with Crippen molar-refractivity contribution < 1.29 is 9.59 Å². The van der Waals surface area contributed by atoms with E-state index in [0.29, 0.717) is 11.3 Å². The summed E-state index contributed by atoms with van der Waals surface area (Å²) >= 11 is 3.36. The van der Waals surface area contributed by atoms with Crippen molar-refractivity contribution in [2.45, 2.75) is 26.8 Å². The predicted octanol–water partition coefficient (Wildman–Crippen LogP) is 3.58. The van der Waals surface area contributed by atoms with Crippen molar-refractivity contribution in [2.24, 2.45) is 5.41 Å². The molecule has 1 atom stereocenters. The van der Waals surface area contributed by atoms with Crippen LogP contribution in [0.4, 0.5) is 5.69 Å². The van der Waals surface area contributed by atoms with Gasteiger partial charge in [0, 0.05) is 22.4 Å². The molecule has 1 aromatic carbocycles. The Kier molecular flexibility index (Phi) is 3.39. The maximum Gasteiger partial charge on any atom is 0.224 e. The van der Waals surface area contributed by atoms with Crippen LogP contribution < -0.4 is 4.90 Å². The van der Waals surface area contributed by atoms with Gasteiger partial charge in [0.25, 0.3) is 0 Å². The minimum absolute atomic E-state index is 0.0311. The zero-order valence-corrected chi connectivity index (χ0v) is 12.8. The van der Waals surface area contributed by atoms with E-state index in [4.69, 9.17) is 0 Å².